The van der Waals surface area contributed by atoms with Crippen LogP contribution in [0.2, 0.25) is 5.02 Å². The van der Waals surface area contributed by atoms with Gasteiger partial charge in [-0.15, -0.1) is 0 Å². The van der Waals surface area contributed by atoms with E-state index in [1.54, 1.807) is 24.3 Å². The van der Waals surface area contributed by atoms with E-state index in [1.807, 2.05) is 7.05 Å². The highest BCUT2D eigenvalue weighted by molar-refractivity contribution is 6.30. The van der Waals surface area contributed by atoms with Gasteiger partial charge in [0.05, 0.1) is 7.05 Å². The molecule has 6 heteroatoms. The standard InChI is InChI=1S/C18H26ClN3O2/c1-13-5-3-4-6-16(13)21-18(24)12-22(2)11-17(23)20-15-9-7-14(19)8-10-15/h7-10,13,16H,3-6,11-12H2,1-2H3,(H,20,23)(H,21,24)/p+1/t13-,16+/m1/s1. The lowest BCUT2D eigenvalue weighted by Gasteiger charge is -2.29. The fourth-order valence-corrected chi connectivity index (χ4v) is 3.26. The Balaban J connectivity index is 1.73. The minimum Gasteiger partial charge on any atom is -0.348 e. The van der Waals surface area contributed by atoms with Crippen molar-refractivity contribution < 1.29 is 14.5 Å². The summed E-state index contributed by atoms with van der Waals surface area (Å²) in [5.74, 6) is 0.440. The molecule has 2 amide bonds. The van der Waals surface area contributed by atoms with E-state index in [9.17, 15) is 9.59 Å². The van der Waals surface area contributed by atoms with Crippen LogP contribution in [0.1, 0.15) is 32.6 Å². The number of carbonyl (C=O) groups is 2. The number of nitrogens with one attached hydrogen (secondary N) is 3. The van der Waals surface area contributed by atoms with Crippen LogP contribution < -0.4 is 15.5 Å². The number of hydrogen-bond acceptors (Lipinski definition) is 2. The highest BCUT2D eigenvalue weighted by Gasteiger charge is 2.24. The molecule has 1 aliphatic carbocycles. The fraction of sp³-hybridized carbons (Fsp3) is 0.556. The third-order valence-electron chi connectivity index (χ3n) is 4.51. The molecule has 132 valence electrons. The molecular weight excluding hydrogens is 326 g/mol. The third kappa shape index (κ3) is 6.13. The maximum Gasteiger partial charge on any atom is 0.279 e. The Hall–Kier alpha value is -1.59. The summed E-state index contributed by atoms with van der Waals surface area (Å²) in [5.41, 5.74) is 0.706. The molecule has 3 N–H and O–H groups in total. The lowest BCUT2D eigenvalue weighted by atomic mass is 9.86. The number of carbonyl (C=O) groups excluding carboxylic acids is 2. The molecule has 0 spiro atoms. The van der Waals surface area contributed by atoms with Gasteiger partial charge >= 0.3 is 0 Å². The number of amides is 2. The van der Waals surface area contributed by atoms with E-state index in [-0.39, 0.29) is 24.4 Å². The molecule has 5 nitrogen and oxygen atoms in total. The van der Waals surface area contributed by atoms with Crippen molar-refractivity contribution in [1.82, 2.24) is 5.32 Å². The second-order valence-electron chi connectivity index (χ2n) is 6.80. The predicted octanol–water partition coefficient (Wildman–Crippen LogP) is 1.49. The van der Waals surface area contributed by atoms with Crippen molar-refractivity contribution in [1.29, 1.82) is 0 Å². The minimum absolute atomic E-state index is 0.0190. The summed E-state index contributed by atoms with van der Waals surface area (Å²) >= 11 is 5.82. The smallest absolute Gasteiger partial charge is 0.279 e. The Bertz CT molecular complexity index is 562. The van der Waals surface area contributed by atoms with Crippen LogP contribution in [-0.2, 0) is 9.59 Å². The number of halogens is 1. The molecule has 1 unspecified atom stereocenters. The van der Waals surface area contributed by atoms with Gasteiger partial charge in [-0.3, -0.25) is 9.59 Å². The van der Waals surface area contributed by atoms with Crippen molar-refractivity contribution in [3.8, 4) is 0 Å². The number of likely N-dealkylation sites (N-methyl/N-ethyl adjacent to an activating group) is 1. The van der Waals surface area contributed by atoms with Crippen LogP contribution in [0.25, 0.3) is 0 Å². The monoisotopic (exact) mass is 352 g/mol. The second-order valence-corrected chi connectivity index (χ2v) is 7.24. The molecule has 1 aromatic rings. The van der Waals surface area contributed by atoms with E-state index in [4.69, 9.17) is 11.6 Å². The zero-order chi connectivity index (χ0) is 17.5. The van der Waals surface area contributed by atoms with Crippen molar-refractivity contribution in [2.24, 2.45) is 5.92 Å². The first-order valence-electron chi connectivity index (χ1n) is 8.60. The van der Waals surface area contributed by atoms with Gasteiger partial charge in [-0.05, 0) is 43.0 Å². The Morgan fingerprint density at radius 1 is 1.12 bits per heavy atom. The molecule has 1 saturated carbocycles. The summed E-state index contributed by atoms with van der Waals surface area (Å²) in [4.78, 5) is 25.1. The van der Waals surface area contributed by atoms with Gasteiger partial charge in [-0.2, -0.15) is 0 Å². The van der Waals surface area contributed by atoms with Gasteiger partial charge in [0.1, 0.15) is 0 Å². The van der Waals surface area contributed by atoms with Crippen LogP contribution >= 0.6 is 11.6 Å². The average molecular weight is 353 g/mol. The molecule has 0 aromatic heterocycles. The molecule has 0 heterocycles. The summed E-state index contributed by atoms with van der Waals surface area (Å²) in [7, 11) is 1.85. The van der Waals surface area contributed by atoms with E-state index < -0.39 is 0 Å². The molecule has 1 aromatic carbocycles. The first kappa shape index (κ1) is 18.7. The fourth-order valence-electron chi connectivity index (χ4n) is 3.14. The summed E-state index contributed by atoms with van der Waals surface area (Å²) in [5, 5.41) is 6.56. The number of quaternary nitrogens is 1. The topological polar surface area (TPSA) is 62.6 Å². The summed E-state index contributed by atoms with van der Waals surface area (Å²) in [6.45, 7) is 2.74. The van der Waals surface area contributed by atoms with Crippen molar-refractivity contribution in [3.05, 3.63) is 29.3 Å². The third-order valence-corrected chi connectivity index (χ3v) is 4.76. The van der Waals surface area contributed by atoms with E-state index >= 15 is 0 Å². The van der Waals surface area contributed by atoms with Crippen molar-refractivity contribution in [2.45, 2.75) is 38.6 Å². The van der Waals surface area contributed by atoms with Gasteiger partial charge in [0.2, 0.25) is 0 Å². The van der Waals surface area contributed by atoms with Crippen LogP contribution in [0.15, 0.2) is 24.3 Å². The molecule has 0 saturated heterocycles. The molecule has 1 fully saturated rings. The molecular formula is C18H27ClN3O2+. The Morgan fingerprint density at radius 2 is 1.75 bits per heavy atom. The van der Waals surface area contributed by atoms with Crippen LogP contribution in [0.3, 0.4) is 0 Å². The average Bonchev–Trinajstić information content (AvgIpc) is 2.51. The molecule has 0 radical (unpaired) electrons. The van der Waals surface area contributed by atoms with Gasteiger partial charge in [0.15, 0.2) is 13.1 Å². The number of anilines is 1. The number of hydrogen-bond donors (Lipinski definition) is 3. The van der Waals surface area contributed by atoms with E-state index in [2.05, 4.69) is 17.6 Å². The number of benzene rings is 1. The van der Waals surface area contributed by atoms with Gasteiger partial charge < -0.3 is 15.5 Å². The lowest BCUT2D eigenvalue weighted by molar-refractivity contribution is -0.862. The molecule has 0 aliphatic heterocycles. The number of rotatable bonds is 6. The Kier molecular flexibility index (Phi) is 7.06. The zero-order valence-corrected chi connectivity index (χ0v) is 15.2. The predicted molar refractivity (Wildman–Crippen MR) is 96.3 cm³/mol. The van der Waals surface area contributed by atoms with E-state index in [1.165, 1.54) is 19.3 Å². The largest absolute Gasteiger partial charge is 0.348 e. The van der Waals surface area contributed by atoms with Gasteiger partial charge in [0, 0.05) is 16.8 Å². The summed E-state index contributed by atoms with van der Waals surface area (Å²) < 4.78 is 0. The maximum atomic E-state index is 12.2. The first-order valence-corrected chi connectivity index (χ1v) is 8.98. The van der Waals surface area contributed by atoms with Gasteiger partial charge in [0.25, 0.3) is 11.8 Å². The van der Waals surface area contributed by atoms with Crippen LogP contribution in [-0.4, -0.2) is 38.0 Å². The van der Waals surface area contributed by atoms with Crippen molar-refractivity contribution in [2.75, 3.05) is 25.5 Å². The maximum absolute atomic E-state index is 12.2. The van der Waals surface area contributed by atoms with E-state index in [0.717, 1.165) is 11.3 Å². The van der Waals surface area contributed by atoms with Crippen molar-refractivity contribution >= 4 is 29.1 Å². The molecule has 0 bridgehead atoms. The molecule has 1 aliphatic rings. The van der Waals surface area contributed by atoms with Crippen LogP contribution in [0, 0.1) is 5.92 Å². The first-order chi connectivity index (χ1) is 11.4. The SMILES string of the molecule is C[C@@H]1CCCC[C@@H]1NC(=O)C[NH+](C)CC(=O)Nc1ccc(Cl)cc1. The second kappa shape index (κ2) is 9.04. The highest BCUT2D eigenvalue weighted by Crippen LogP contribution is 2.23. The minimum atomic E-state index is -0.117. The van der Waals surface area contributed by atoms with Gasteiger partial charge in [-0.25, -0.2) is 0 Å². The van der Waals surface area contributed by atoms with Crippen LogP contribution in [0.4, 0.5) is 5.69 Å². The molecule has 3 atom stereocenters. The lowest BCUT2D eigenvalue weighted by Crippen LogP contribution is -3.11. The summed E-state index contributed by atoms with van der Waals surface area (Å²) in [6, 6.07) is 7.25. The van der Waals surface area contributed by atoms with Gasteiger partial charge in [-0.1, -0.05) is 31.4 Å². The quantitative estimate of drug-likeness (QED) is 0.726. The molecule has 24 heavy (non-hydrogen) atoms. The highest BCUT2D eigenvalue weighted by atomic mass is 35.5. The van der Waals surface area contributed by atoms with Crippen molar-refractivity contribution in [3.63, 3.8) is 0 Å². The Labute approximate surface area is 148 Å². The van der Waals surface area contributed by atoms with E-state index in [0.29, 0.717) is 23.2 Å². The van der Waals surface area contributed by atoms with Crippen LogP contribution in [0.5, 0.6) is 0 Å². The normalized spacial score (nSPS) is 21.8. The molecule has 2 rings (SSSR count). The summed E-state index contributed by atoms with van der Waals surface area (Å²) in [6.07, 6.45) is 4.67. The zero-order valence-electron chi connectivity index (χ0n) is 14.4. The Morgan fingerprint density at radius 3 is 2.42 bits per heavy atom.